The van der Waals surface area contributed by atoms with Gasteiger partial charge in [-0.05, 0) is 62.8 Å². The molecule has 0 fully saturated rings. The monoisotopic (exact) mass is 574 g/mol. The number of nitrogens with one attached hydrogen (secondary N) is 1. The number of thiophene rings is 1. The van der Waals surface area contributed by atoms with Crippen molar-refractivity contribution in [2.24, 2.45) is 0 Å². The Kier molecular flexibility index (Phi) is 9.51. The Morgan fingerprint density at radius 1 is 1.29 bits per heavy atom. The number of thioether (sulfide) groups is 1. The average Bonchev–Trinajstić information content (AvgIpc) is 3.37. The predicted molar refractivity (Wildman–Crippen MR) is 152 cm³/mol. The molecule has 8 nitrogen and oxygen atoms in total. The minimum absolute atomic E-state index is 0.0946. The molecule has 2 heterocycles. The van der Waals surface area contributed by atoms with E-state index < -0.39 is 12.1 Å². The first-order valence-electron chi connectivity index (χ1n) is 12.4. The molecule has 4 rings (SSSR count). The van der Waals surface area contributed by atoms with Crippen molar-refractivity contribution in [3.63, 3.8) is 0 Å². The predicted octanol–water partition coefficient (Wildman–Crippen LogP) is 6.41. The molecular formula is C27H31ClN4O4S2. The number of hydrogen-bond acceptors (Lipinski definition) is 8. The lowest BCUT2D eigenvalue weighted by molar-refractivity contribution is -0.113. The van der Waals surface area contributed by atoms with Crippen LogP contribution in [0.3, 0.4) is 0 Å². The van der Waals surface area contributed by atoms with Crippen LogP contribution in [0.1, 0.15) is 64.5 Å². The molecular weight excluding hydrogens is 544 g/mol. The second kappa shape index (κ2) is 12.8. The Balaban J connectivity index is 1.47. The number of carbonyl (C=O) groups excluding carboxylic acids is 2. The van der Waals surface area contributed by atoms with Gasteiger partial charge in [0.2, 0.25) is 5.91 Å². The van der Waals surface area contributed by atoms with E-state index in [1.165, 1.54) is 30.2 Å². The van der Waals surface area contributed by atoms with Crippen LogP contribution in [0.4, 0.5) is 5.00 Å². The third-order valence-electron chi connectivity index (χ3n) is 6.21. The van der Waals surface area contributed by atoms with Crippen molar-refractivity contribution in [3.8, 4) is 5.75 Å². The highest BCUT2D eigenvalue weighted by molar-refractivity contribution is 7.99. The summed E-state index contributed by atoms with van der Waals surface area (Å²) in [5.74, 6) is 0.613. The number of carbonyl (C=O) groups is 2. The van der Waals surface area contributed by atoms with E-state index in [-0.39, 0.29) is 11.7 Å². The van der Waals surface area contributed by atoms with Crippen molar-refractivity contribution < 1.29 is 19.1 Å². The highest BCUT2D eigenvalue weighted by atomic mass is 35.5. The van der Waals surface area contributed by atoms with E-state index >= 15 is 0 Å². The zero-order chi connectivity index (χ0) is 27.2. The normalized spacial score (nSPS) is 13.8. The molecule has 11 heteroatoms. The molecule has 0 bridgehead atoms. The van der Waals surface area contributed by atoms with Crippen molar-refractivity contribution in [2.45, 2.75) is 63.8 Å². The fraction of sp³-hybridized carbons (Fsp3) is 0.407. The summed E-state index contributed by atoms with van der Waals surface area (Å²) in [6, 6.07) is 5.59. The number of amides is 1. The van der Waals surface area contributed by atoms with Gasteiger partial charge in [-0.2, -0.15) is 0 Å². The van der Waals surface area contributed by atoms with Crippen molar-refractivity contribution in [1.29, 1.82) is 0 Å². The van der Waals surface area contributed by atoms with Crippen molar-refractivity contribution in [3.05, 3.63) is 63.3 Å². The summed E-state index contributed by atoms with van der Waals surface area (Å²) in [5.41, 5.74) is 2.54. The van der Waals surface area contributed by atoms with Gasteiger partial charge in [0.15, 0.2) is 17.1 Å². The third-order valence-corrected chi connectivity index (χ3v) is 8.69. The first-order chi connectivity index (χ1) is 18.3. The van der Waals surface area contributed by atoms with Gasteiger partial charge < -0.3 is 14.8 Å². The van der Waals surface area contributed by atoms with Crippen LogP contribution in [0.25, 0.3) is 0 Å². The fourth-order valence-corrected chi connectivity index (χ4v) is 6.60. The smallest absolute Gasteiger partial charge is 0.341 e. The number of fused-ring (bicyclic) bond motifs is 1. The minimum Gasteiger partial charge on any atom is -0.481 e. The summed E-state index contributed by atoms with van der Waals surface area (Å²) in [4.78, 5) is 26.7. The number of allylic oxidation sites excluding steroid dienone is 1. The van der Waals surface area contributed by atoms with Crippen LogP contribution < -0.4 is 10.1 Å². The first-order valence-corrected chi connectivity index (χ1v) is 14.6. The van der Waals surface area contributed by atoms with E-state index in [0.29, 0.717) is 38.9 Å². The van der Waals surface area contributed by atoms with Crippen LogP contribution >= 0.6 is 34.7 Å². The number of benzene rings is 1. The molecule has 1 unspecified atom stereocenters. The molecule has 0 radical (unpaired) electrons. The zero-order valence-corrected chi connectivity index (χ0v) is 24.1. The summed E-state index contributed by atoms with van der Waals surface area (Å²) >= 11 is 9.04. The largest absolute Gasteiger partial charge is 0.481 e. The second-order valence-electron chi connectivity index (χ2n) is 9.03. The van der Waals surface area contributed by atoms with Gasteiger partial charge in [-0.3, -0.25) is 9.36 Å². The van der Waals surface area contributed by atoms with Crippen LogP contribution in [0.15, 0.2) is 36.0 Å². The summed E-state index contributed by atoms with van der Waals surface area (Å²) in [5, 5.41) is 13.2. The summed E-state index contributed by atoms with van der Waals surface area (Å²) < 4.78 is 13.0. The highest BCUT2D eigenvalue weighted by Gasteiger charge is 2.27. The standard InChI is InChI=1S/C27H31ClN4O4S2/c1-5-13-32-24(17(3)36-20-14-16(2)11-12-19(20)28)30-31-27(32)37-15-22(33)29-25-23(26(34)35-4)18-9-7-6-8-10-21(18)38-25/h5,11-12,14,17H,1,6-10,13,15H2,2-4H3,(H,29,33). The van der Waals surface area contributed by atoms with Gasteiger partial charge >= 0.3 is 5.97 Å². The van der Waals surface area contributed by atoms with Crippen molar-refractivity contribution >= 4 is 51.6 Å². The molecule has 1 aliphatic rings. The van der Waals surface area contributed by atoms with Crippen molar-refractivity contribution in [1.82, 2.24) is 14.8 Å². The SMILES string of the molecule is C=CCn1c(SCC(=O)Nc2sc3c(c2C(=O)OC)CCCCC3)nnc1C(C)Oc1cc(C)ccc1Cl. The van der Waals surface area contributed by atoms with Crippen LogP contribution in [0.5, 0.6) is 5.75 Å². The number of anilines is 1. The van der Waals surface area contributed by atoms with E-state index in [0.717, 1.165) is 48.1 Å². The van der Waals surface area contributed by atoms with Crippen LogP contribution in [0.2, 0.25) is 5.02 Å². The van der Waals surface area contributed by atoms with Gasteiger partial charge in [0.1, 0.15) is 10.8 Å². The number of aryl methyl sites for hydroxylation is 2. The summed E-state index contributed by atoms with van der Waals surface area (Å²) in [6.45, 7) is 8.13. The second-order valence-corrected chi connectivity index (χ2v) is 11.5. The molecule has 1 atom stereocenters. The molecule has 2 aromatic heterocycles. The Bertz CT molecular complexity index is 1340. The van der Waals surface area contributed by atoms with Gasteiger partial charge in [-0.25, -0.2) is 4.79 Å². The lowest BCUT2D eigenvalue weighted by Crippen LogP contribution is -2.17. The first kappa shape index (κ1) is 28.2. The fourth-order valence-electron chi connectivity index (χ4n) is 4.39. The average molecular weight is 575 g/mol. The Labute approximate surface area is 235 Å². The number of esters is 1. The highest BCUT2D eigenvalue weighted by Crippen LogP contribution is 2.38. The maximum absolute atomic E-state index is 13.0. The molecule has 0 aliphatic heterocycles. The number of nitrogens with zero attached hydrogens (tertiary/aromatic N) is 3. The number of halogens is 1. The topological polar surface area (TPSA) is 95.3 Å². The molecule has 0 spiro atoms. The van der Waals surface area contributed by atoms with E-state index in [1.807, 2.05) is 30.5 Å². The summed E-state index contributed by atoms with van der Waals surface area (Å²) in [7, 11) is 1.37. The Morgan fingerprint density at radius 2 is 2.08 bits per heavy atom. The molecule has 38 heavy (non-hydrogen) atoms. The lowest BCUT2D eigenvalue weighted by Gasteiger charge is -2.17. The van der Waals surface area contributed by atoms with Crippen LogP contribution in [0, 0.1) is 6.92 Å². The van der Waals surface area contributed by atoms with Gasteiger partial charge in [-0.1, -0.05) is 41.9 Å². The number of methoxy groups -OCH3 is 1. The molecule has 1 aromatic carbocycles. The van der Waals surface area contributed by atoms with Gasteiger partial charge in [0.25, 0.3) is 0 Å². The van der Waals surface area contributed by atoms with E-state index in [4.69, 9.17) is 21.1 Å². The molecule has 1 amide bonds. The molecule has 1 N–H and O–H groups in total. The number of ether oxygens (including phenoxy) is 2. The third kappa shape index (κ3) is 6.42. The molecule has 0 saturated carbocycles. The maximum atomic E-state index is 13.0. The van der Waals surface area contributed by atoms with Gasteiger partial charge in [0.05, 0.1) is 23.4 Å². The van der Waals surface area contributed by atoms with Crippen molar-refractivity contribution in [2.75, 3.05) is 18.2 Å². The Morgan fingerprint density at radius 3 is 2.84 bits per heavy atom. The van der Waals surface area contributed by atoms with Gasteiger partial charge in [0, 0.05) is 11.4 Å². The van der Waals surface area contributed by atoms with E-state index in [2.05, 4.69) is 22.1 Å². The van der Waals surface area contributed by atoms with Gasteiger partial charge in [-0.15, -0.1) is 28.1 Å². The number of aromatic nitrogens is 3. The van der Waals surface area contributed by atoms with Crippen LogP contribution in [-0.2, 0) is 28.9 Å². The maximum Gasteiger partial charge on any atom is 0.341 e. The summed E-state index contributed by atoms with van der Waals surface area (Å²) in [6.07, 6.45) is 6.28. The van der Waals surface area contributed by atoms with Crippen LogP contribution in [-0.4, -0.2) is 39.5 Å². The molecule has 202 valence electrons. The molecule has 0 saturated heterocycles. The number of hydrogen-bond donors (Lipinski definition) is 1. The molecule has 1 aliphatic carbocycles. The quantitative estimate of drug-likeness (QED) is 0.129. The Hall–Kier alpha value is -2.82. The van der Waals surface area contributed by atoms with E-state index in [1.54, 1.807) is 12.1 Å². The zero-order valence-electron chi connectivity index (χ0n) is 21.7. The number of rotatable bonds is 10. The molecule has 3 aromatic rings. The van der Waals surface area contributed by atoms with E-state index in [9.17, 15) is 9.59 Å². The lowest BCUT2D eigenvalue weighted by atomic mass is 10.1. The minimum atomic E-state index is -0.436.